The largest absolute Gasteiger partial charge is 0.455 e. The number of aromatic nitrogens is 2. The molecule has 0 amide bonds. The Balaban J connectivity index is 1.43. The van der Waals surface area contributed by atoms with E-state index in [2.05, 4.69) is 124 Å². The van der Waals surface area contributed by atoms with Gasteiger partial charge in [0.1, 0.15) is 11.2 Å². The minimum atomic E-state index is 0.935. The van der Waals surface area contributed by atoms with Crippen LogP contribution in [0.1, 0.15) is 0 Å². The van der Waals surface area contributed by atoms with E-state index in [1.54, 1.807) is 0 Å². The Morgan fingerprint density at radius 1 is 0.436 bits per heavy atom. The highest BCUT2D eigenvalue weighted by Crippen LogP contribution is 2.45. The number of hydrogen-bond donors (Lipinski definition) is 0. The van der Waals surface area contributed by atoms with Crippen LogP contribution in [0.15, 0.2) is 126 Å². The number of rotatable bonds is 1. The molecular weight excluding hydrogens is 476 g/mol. The normalized spacial score (nSPS) is 12.6. The zero-order valence-corrected chi connectivity index (χ0v) is 20.8. The Morgan fingerprint density at radius 3 is 2.08 bits per heavy atom. The molecule has 0 aliphatic rings. The SMILES string of the molecule is c1ccc(-n2c3ccccc3c3cc4c(cc32)c2cccc3c5c6oc7ccccc7c6ccc5n4c23)cc1. The Hall–Kier alpha value is -5.28. The van der Waals surface area contributed by atoms with Crippen LogP contribution in [-0.2, 0) is 0 Å². The molecule has 3 heteroatoms. The van der Waals surface area contributed by atoms with E-state index in [9.17, 15) is 0 Å². The Bertz CT molecular complexity index is 2600. The fourth-order valence-corrected chi connectivity index (χ4v) is 7.06. The number of para-hydroxylation sites is 4. The van der Waals surface area contributed by atoms with Crippen molar-refractivity contribution in [1.29, 1.82) is 0 Å². The van der Waals surface area contributed by atoms with Crippen molar-refractivity contribution in [2.24, 2.45) is 0 Å². The van der Waals surface area contributed by atoms with Crippen molar-refractivity contribution in [3.05, 3.63) is 121 Å². The van der Waals surface area contributed by atoms with Crippen molar-refractivity contribution in [2.75, 3.05) is 0 Å². The van der Waals surface area contributed by atoms with Gasteiger partial charge < -0.3 is 13.4 Å². The first kappa shape index (κ1) is 19.8. The molecular formula is C36H20N2O. The molecule has 0 bridgehead atoms. The predicted molar refractivity (Wildman–Crippen MR) is 163 cm³/mol. The highest BCUT2D eigenvalue weighted by Gasteiger charge is 2.23. The Labute approximate surface area is 222 Å². The van der Waals surface area contributed by atoms with Gasteiger partial charge in [-0.1, -0.05) is 72.8 Å². The van der Waals surface area contributed by atoms with Crippen LogP contribution < -0.4 is 0 Å². The van der Waals surface area contributed by atoms with E-state index in [1.807, 2.05) is 6.07 Å². The van der Waals surface area contributed by atoms with Crippen molar-refractivity contribution in [2.45, 2.75) is 0 Å². The van der Waals surface area contributed by atoms with Gasteiger partial charge in [-0.2, -0.15) is 0 Å². The lowest BCUT2D eigenvalue weighted by atomic mass is 10.0. The van der Waals surface area contributed by atoms with E-state index in [-0.39, 0.29) is 0 Å². The standard InChI is InChI=1S/C36H20N2O/c1-2-9-21(10-3-1)37-29-15-6-4-11-22(29)27-19-32-28(20-31(27)37)24-13-8-14-26-34-30(38(32)35(24)26)18-17-25-23-12-5-7-16-33(23)39-36(25)34/h1-20H. The molecule has 0 saturated heterocycles. The van der Waals surface area contributed by atoms with E-state index in [1.165, 1.54) is 76.4 Å². The van der Waals surface area contributed by atoms with Gasteiger partial charge in [-0.05, 0) is 48.5 Å². The number of furan rings is 1. The van der Waals surface area contributed by atoms with Gasteiger partial charge in [0.15, 0.2) is 0 Å². The molecule has 0 saturated carbocycles. The molecule has 6 aromatic carbocycles. The second-order valence-electron chi connectivity index (χ2n) is 10.5. The maximum absolute atomic E-state index is 6.50. The number of fused-ring (bicyclic) bond motifs is 13. The maximum Gasteiger partial charge on any atom is 0.145 e. The molecule has 4 aromatic heterocycles. The molecule has 0 unspecified atom stereocenters. The fraction of sp³-hybridized carbons (Fsp3) is 0. The van der Waals surface area contributed by atoms with E-state index < -0.39 is 0 Å². The van der Waals surface area contributed by atoms with Crippen molar-refractivity contribution >= 4 is 81.8 Å². The lowest BCUT2D eigenvalue weighted by Crippen LogP contribution is -1.92. The monoisotopic (exact) mass is 496 g/mol. The van der Waals surface area contributed by atoms with Gasteiger partial charge in [-0.3, -0.25) is 0 Å². The number of hydrogen-bond acceptors (Lipinski definition) is 1. The van der Waals surface area contributed by atoms with Crippen molar-refractivity contribution < 1.29 is 4.42 Å². The first-order valence-electron chi connectivity index (χ1n) is 13.4. The maximum atomic E-state index is 6.50. The molecule has 4 heterocycles. The third-order valence-corrected chi connectivity index (χ3v) is 8.63. The molecule has 10 rings (SSSR count). The summed E-state index contributed by atoms with van der Waals surface area (Å²) in [4.78, 5) is 0. The molecule has 0 spiro atoms. The van der Waals surface area contributed by atoms with Crippen LogP contribution in [0.4, 0.5) is 0 Å². The second kappa shape index (κ2) is 6.77. The molecule has 3 nitrogen and oxygen atoms in total. The van der Waals surface area contributed by atoms with Gasteiger partial charge in [-0.25, -0.2) is 0 Å². The van der Waals surface area contributed by atoms with Crippen LogP contribution in [-0.4, -0.2) is 8.97 Å². The molecule has 0 aliphatic carbocycles. The average Bonchev–Trinajstić information content (AvgIpc) is 3.71. The molecule has 0 fully saturated rings. The molecule has 0 N–H and O–H groups in total. The summed E-state index contributed by atoms with van der Waals surface area (Å²) in [5, 5.41) is 9.85. The van der Waals surface area contributed by atoms with Crippen molar-refractivity contribution in [3.63, 3.8) is 0 Å². The van der Waals surface area contributed by atoms with Crippen molar-refractivity contribution in [1.82, 2.24) is 8.97 Å². The van der Waals surface area contributed by atoms with E-state index in [0.717, 1.165) is 11.2 Å². The lowest BCUT2D eigenvalue weighted by molar-refractivity contribution is 0.673. The number of benzene rings is 6. The fourth-order valence-electron chi connectivity index (χ4n) is 7.06. The second-order valence-corrected chi connectivity index (χ2v) is 10.5. The van der Waals surface area contributed by atoms with Crippen LogP contribution >= 0.6 is 0 Å². The summed E-state index contributed by atoms with van der Waals surface area (Å²) in [7, 11) is 0. The smallest absolute Gasteiger partial charge is 0.145 e. The zero-order chi connectivity index (χ0) is 25.2. The quantitative estimate of drug-likeness (QED) is 0.222. The molecule has 10 aromatic rings. The van der Waals surface area contributed by atoms with Crippen LogP contribution in [0, 0.1) is 0 Å². The van der Waals surface area contributed by atoms with Gasteiger partial charge >= 0.3 is 0 Å². The highest BCUT2D eigenvalue weighted by molar-refractivity contribution is 6.30. The molecule has 0 atom stereocenters. The lowest BCUT2D eigenvalue weighted by Gasteiger charge is -2.07. The number of nitrogens with zero attached hydrogens (tertiary/aromatic N) is 2. The first-order valence-corrected chi connectivity index (χ1v) is 13.4. The first-order chi connectivity index (χ1) is 19.4. The van der Waals surface area contributed by atoms with Crippen molar-refractivity contribution in [3.8, 4) is 5.69 Å². The van der Waals surface area contributed by atoms with Crippen LogP contribution in [0.2, 0.25) is 0 Å². The van der Waals surface area contributed by atoms with E-state index in [0.29, 0.717) is 0 Å². The van der Waals surface area contributed by atoms with Gasteiger partial charge in [0, 0.05) is 43.4 Å². The summed E-state index contributed by atoms with van der Waals surface area (Å²) in [6, 6.07) is 43.7. The summed E-state index contributed by atoms with van der Waals surface area (Å²) in [5.41, 5.74) is 9.22. The van der Waals surface area contributed by atoms with E-state index >= 15 is 0 Å². The summed E-state index contributed by atoms with van der Waals surface area (Å²) >= 11 is 0. The zero-order valence-electron chi connectivity index (χ0n) is 20.8. The average molecular weight is 497 g/mol. The van der Waals surface area contributed by atoms with Crippen LogP contribution in [0.25, 0.3) is 87.5 Å². The summed E-state index contributed by atoms with van der Waals surface area (Å²) in [6.07, 6.45) is 0. The van der Waals surface area contributed by atoms with Gasteiger partial charge in [-0.15, -0.1) is 0 Å². The predicted octanol–water partition coefficient (Wildman–Crippen LogP) is 9.83. The topological polar surface area (TPSA) is 22.5 Å². The minimum Gasteiger partial charge on any atom is -0.455 e. The Morgan fingerprint density at radius 2 is 1.15 bits per heavy atom. The third kappa shape index (κ3) is 2.31. The third-order valence-electron chi connectivity index (χ3n) is 8.63. The summed E-state index contributed by atoms with van der Waals surface area (Å²) in [6.45, 7) is 0. The van der Waals surface area contributed by atoms with Gasteiger partial charge in [0.2, 0.25) is 0 Å². The molecule has 0 aliphatic heterocycles. The van der Waals surface area contributed by atoms with Crippen LogP contribution in [0.5, 0.6) is 0 Å². The van der Waals surface area contributed by atoms with Gasteiger partial charge in [0.25, 0.3) is 0 Å². The van der Waals surface area contributed by atoms with Crippen LogP contribution in [0.3, 0.4) is 0 Å². The molecule has 180 valence electrons. The minimum absolute atomic E-state index is 0.935. The highest BCUT2D eigenvalue weighted by atomic mass is 16.3. The van der Waals surface area contributed by atoms with Gasteiger partial charge in [0.05, 0.1) is 33.0 Å². The Kier molecular flexibility index (Phi) is 3.44. The van der Waals surface area contributed by atoms with E-state index in [4.69, 9.17) is 4.42 Å². The molecule has 0 radical (unpaired) electrons. The summed E-state index contributed by atoms with van der Waals surface area (Å²) < 4.78 is 11.4. The molecule has 39 heavy (non-hydrogen) atoms. The summed E-state index contributed by atoms with van der Waals surface area (Å²) in [5.74, 6) is 0.